The minimum absolute atomic E-state index is 0.0583. The summed E-state index contributed by atoms with van der Waals surface area (Å²) >= 11 is 0. The topological polar surface area (TPSA) is 72.8 Å². The predicted octanol–water partition coefficient (Wildman–Crippen LogP) is 10.6. The van der Waals surface area contributed by atoms with Crippen molar-refractivity contribution >= 4 is 11.9 Å². The minimum atomic E-state index is -0.760. The zero-order chi connectivity index (χ0) is 30.2. The second kappa shape index (κ2) is 31.8. The van der Waals surface area contributed by atoms with E-state index in [1.807, 2.05) is 0 Å². The molecule has 5 nitrogen and oxygen atoms in total. The third kappa shape index (κ3) is 31.7. The Morgan fingerprint density at radius 1 is 0.537 bits per heavy atom. The van der Waals surface area contributed by atoms with Crippen molar-refractivity contribution in [1.29, 1.82) is 0 Å². The highest BCUT2D eigenvalue weighted by atomic mass is 16.6. The maximum Gasteiger partial charge on any atom is 0.306 e. The average Bonchev–Trinajstić information content (AvgIpc) is 2.95. The van der Waals surface area contributed by atoms with Crippen molar-refractivity contribution in [2.45, 2.75) is 200 Å². The number of hydrogen-bond acceptors (Lipinski definition) is 5. The van der Waals surface area contributed by atoms with Gasteiger partial charge in [0.25, 0.3) is 0 Å². The van der Waals surface area contributed by atoms with Gasteiger partial charge in [-0.2, -0.15) is 0 Å². The fourth-order valence-electron chi connectivity index (χ4n) is 5.33. The summed E-state index contributed by atoms with van der Waals surface area (Å²) in [5.74, 6) is 0.266. The minimum Gasteiger partial charge on any atom is -0.462 e. The molecule has 41 heavy (non-hydrogen) atoms. The molecule has 1 N–H and O–H groups in total. The first-order valence-electron chi connectivity index (χ1n) is 18.0. The Balaban J connectivity index is 3.51. The van der Waals surface area contributed by atoms with E-state index in [4.69, 9.17) is 9.47 Å². The molecule has 0 heterocycles. The summed E-state index contributed by atoms with van der Waals surface area (Å²) in [6.45, 7) is 6.49. The van der Waals surface area contributed by atoms with Crippen LogP contribution < -0.4 is 0 Å². The normalized spacial score (nSPS) is 12.1. The highest BCUT2D eigenvalue weighted by Gasteiger charge is 2.16. The quantitative estimate of drug-likeness (QED) is 0.0631. The van der Waals surface area contributed by atoms with Crippen molar-refractivity contribution in [1.82, 2.24) is 0 Å². The molecule has 1 atom stereocenters. The summed E-state index contributed by atoms with van der Waals surface area (Å²) in [4.78, 5) is 24.1. The van der Waals surface area contributed by atoms with Gasteiger partial charge in [0.05, 0.1) is 6.61 Å². The summed E-state index contributed by atoms with van der Waals surface area (Å²) in [5.41, 5.74) is 0. The average molecular weight is 583 g/mol. The van der Waals surface area contributed by atoms with Crippen molar-refractivity contribution in [3.05, 3.63) is 0 Å². The molecule has 0 aromatic heterocycles. The first kappa shape index (κ1) is 39.9. The van der Waals surface area contributed by atoms with E-state index < -0.39 is 6.10 Å². The SMILES string of the molecule is CCCCCCCCCCCCCC(=O)O[C@@H](CO)COC(=O)CCCCCCCCCCCCCCCC(C)C. The molecule has 0 saturated carbocycles. The molecular weight excluding hydrogens is 512 g/mol. The summed E-state index contributed by atoms with van der Waals surface area (Å²) < 4.78 is 10.6. The largest absolute Gasteiger partial charge is 0.462 e. The van der Waals surface area contributed by atoms with E-state index in [2.05, 4.69) is 20.8 Å². The van der Waals surface area contributed by atoms with Crippen LogP contribution in [-0.4, -0.2) is 36.4 Å². The Bertz CT molecular complexity index is 562. The molecule has 0 bridgehead atoms. The van der Waals surface area contributed by atoms with Crippen molar-refractivity contribution in [3.8, 4) is 0 Å². The van der Waals surface area contributed by atoms with Crippen LogP contribution in [0.3, 0.4) is 0 Å². The van der Waals surface area contributed by atoms with Crippen molar-refractivity contribution < 1.29 is 24.2 Å². The zero-order valence-electron chi connectivity index (χ0n) is 27.7. The predicted molar refractivity (Wildman–Crippen MR) is 173 cm³/mol. The molecule has 0 aliphatic carbocycles. The smallest absolute Gasteiger partial charge is 0.306 e. The number of unbranched alkanes of at least 4 members (excludes halogenated alkanes) is 22. The second-order valence-corrected chi connectivity index (χ2v) is 12.8. The van der Waals surface area contributed by atoms with Crippen LogP contribution in [0.15, 0.2) is 0 Å². The highest BCUT2D eigenvalue weighted by Crippen LogP contribution is 2.15. The Morgan fingerprint density at radius 2 is 0.902 bits per heavy atom. The molecule has 0 amide bonds. The molecule has 0 aliphatic heterocycles. The molecule has 0 spiro atoms. The Kier molecular flexibility index (Phi) is 31.0. The lowest BCUT2D eigenvalue weighted by Gasteiger charge is -2.15. The van der Waals surface area contributed by atoms with Gasteiger partial charge < -0.3 is 14.6 Å². The van der Waals surface area contributed by atoms with E-state index in [1.165, 1.54) is 128 Å². The second-order valence-electron chi connectivity index (χ2n) is 12.8. The van der Waals surface area contributed by atoms with Gasteiger partial charge in [-0.3, -0.25) is 9.59 Å². The van der Waals surface area contributed by atoms with E-state index in [9.17, 15) is 14.7 Å². The van der Waals surface area contributed by atoms with Gasteiger partial charge in [-0.15, -0.1) is 0 Å². The van der Waals surface area contributed by atoms with Crippen LogP contribution in [0.4, 0.5) is 0 Å². The molecule has 0 aliphatic rings. The van der Waals surface area contributed by atoms with Gasteiger partial charge in [0.1, 0.15) is 6.61 Å². The standard InChI is InChI=1S/C36H70O5/c1-4-5-6-7-8-9-13-18-21-24-27-30-36(39)41-34(31-37)32-40-35(38)29-26-23-20-17-15-12-10-11-14-16-19-22-25-28-33(2)3/h33-34,37H,4-32H2,1-3H3/t34-/m0/s1. The Hall–Kier alpha value is -1.10. The number of ether oxygens (including phenoxy) is 2. The van der Waals surface area contributed by atoms with Crippen molar-refractivity contribution in [2.24, 2.45) is 5.92 Å². The third-order valence-corrected chi connectivity index (χ3v) is 8.08. The molecular formula is C36H70O5. The van der Waals surface area contributed by atoms with Gasteiger partial charge in [0, 0.05) is 12.8 Å². The molecule has 5 heteroatoms. The maximum atomic E-state index is 12.1. The van der Waals surface area contributed by atoms with Crippen LogP contribution in [0.5, 0.6) is 0 Å². The van der Waals surface area contributed by atoms with Gasteiger partial charge in [-0.25, -0.2) is 0 Å². The van der Waals surface area contributed by atoms with E-state index in [0.717, 1.165) is 38.0 Å². The van der Waals surface area contributed by atoms with E-state index in [1.54, 1.807) is 0 Å². The van der Waals surface area contributed by atoms with Crippen LogP contribution in [0, 0.1) is 5.92 Å². The number of carbonyl (C=O) groups is 2. The number of carbonyl (C=O) groups excluding carboxylic acids is 2. The summed E-state index contributed by atoms with van der Waals surface area (Å²) in [7, 11) is 0. The van der Waals surface area contributed by atoms with Crippen LogP contribution in [-0.2, 0) is 19.1 Å². The zero-order valence-corrected chi connectivity index (χ0v) is 27.7. The van der Waals surface area contributed by atoms with Crippen LogP contribution in [0.1, 0.15) is 194 Å². The molecule has 0 unspecified atom stereocenters. The number of aliphatic hydroxyl groups excluding tert-OH is 1. The number of rotatable bonds is 32. The summed E-state index contributed by atoms with van der Waals surface area (Å²) in [6.07, 6.45) is 31.6. The lowest BCUT2D eigenvalue weighted by molar-refractivity contribution is -0.161. The van der Waals surface area contributed by atoms with Crippen LogP contribution in [0.25, 0.3) is 0 Å². The fraction of sp³-hybridized carbons (Fsp3) is 0.944. The Labute approximate surface area is 255 Å². The summed E-state index contributed by atoms with van der Waals surface area (Å²) in [6, 6.07) is 0. The molecule has 244 valence electrons. The molecule has 0 aromatic carbocycles. The summed E-state index contributed by atoms with van der Waals surface area (Å²) in [5, 5.41) is 9.50. The van der Waals surface area contributed by atoms with Crippen molar-refractivity contribution in [3.63, 3.8) is 0 Å². The maximum absolute atomic E-state index is 12.1. The van der Waals surface area contributed by atoms with E-state index in [-0.39, 0.29) is 25.2 Å². The molecule has 0 aromatic rings. The van der Waals surface area contributed by atoms with Gasteiger partial charge in [-0.1, -0.05) is 168 Å². The highest BCUT2D eigenvalue weighted by molar-refractivity contribution is 5.70. The Morgan fingerprint density at radius 3 is 1.29 bits per heavy atom. The lowest BCUT2D eigenvalue weighted by Crippen LogP contribution is -2.28. The number of hydrogen-bond donors (Lipinski definition) is 1. The first-order chi connectivity index (χ1) is 20.0. The van der Waals surface area contributed by atoms with Crippen LogP contribution >= 0.6 is 0 Å². The molecule has 0 saturated heterocycles. The lowest BCUT2D eigenvalue weighted by atomic mass is 10.0. The van der Waals surface area contributed by atoms with Gasteiger partial charge >= 0.3 is 11.9 Å². The van der Waals surface area contributed by atoms with Gasteiger partial charge in [0.2, 0.25) is 0 Å². The third-order valence-electron chi connectivity index (χ3n) is 8.08. The van der Waals surface area contributed by atoms with Crippen molar-refractivity contribution in [2.75, 3.05) is 13.2 Å². The first-order valence-corrected chi connectivity index (χ1v) is 18.0. The number of aliphatic hydroxyl groups is 1. The molecule has 0 fully saturated rings. The van der Waals surface area contributed by atoms with Gasteiger partial charge in [0.15, 0.2) is 6.10 Å². The van der Waals surface area contributed by atoms with Gasteiger partial charge in [-0.05, 0) is 18.8 Å². The number of esters is 2. The van der Waals surface area contributed by atoms with E-state index in [0.29, 0.717) is 12.8 Å². The molecule has 0 rings (SSSR count). The monoisotopic (exact) mass is 583 g/mol. The van der Waals surface area contributed by atoms with Crippen LogP contribution in [0.2, 0.25) is 0 Å². The van der Waals surface area contributed by atoms with E-state index >= 15 is 0 Å². The molecule has 0 radical (unpaired) electrons. The fourth-order valence-corrected chi connectivity index (χ4v) is 5.33.